The number of halogens is 1. The number of anilines is 1. The molecule has 42 heavy (non-hydrogen) atoms. The number of furan rings is 1. The van der Waals surface area contributed by atoms with E-state index in [1.165, 1.54) is 29.7 Å². The van der Waals surface area contributed by atoms with Crippen molar-refractivity contribution in [3.8, 4) is 5.69 Å². The number of rotatable bonds is 10. The number of thioether (sulfide) groups is 1. The second kappa shape index (κ2) is 13.3. The molecule has 4 aromatic rings. The largest absolute Gasteiger partial charge is 0.462 e. The highest BCUT2D eigenvalue weighted by Crippen LogP contribution is 2.38. The summed E-state index contributed by atoms with van der Waals surface area (Å²) >= 11 is 2.59. The molecule has 0 aliphatic heterocycles. The fraction of sp³-hybridized carbons (Fsp3) is 0.345. The Morgan fingerprint density at radius 3 is 2.67 bits per heavy atom. The molecule has 0 unspecified atom stereocenters. The predicted molar refractivity (Wildman–Crippen MR) is 157 cm³/mol. The molecular formula is C29H30FN5O5S2. The second-order valence-electron chi connectivity index (χ2n) is 9.61. The average Bonchev–Trinajstić information content (AvgIpc) is 3.69. The zero-order valence-electron chi connectivity index (χ0n) is 23.1. The summed E-state index contributed by atoms with van der Waals surface area (Å²) in [5, 5.41) is 14.4. The van der Waals surface area contributed by atoms with E-state index in [0.29, 0.717) is 27.2 Å². The Kier molecular flexibility index (Phi) is 9.38. The van der Waals surface area contributed by atoms with Crippen molar-refractivity contribution in [3.63, 3.8) is 0 Å². The smallest absolute Gasteiger partial charge is 0.341 e. The van der Waals surface area contributed by atoms with Gasteiger partial charge in [-0.15, -0.1) is 21.5 Å². The lowest BCUT2D eigenvalue weighted by Crippen LogP contribution is -2.25. The summed E-state index contributed by atoms with van der Waals surface area (Å²) in [5.41, 5.74) is 1.99. The first-order chi connectivity index (χ1) is 20.4. The highest BCUT2D eigenvalue weighted by atomic mass is 32.2. The van der Waals surface area contributed by atoms with Gasteiger partial charge in [0.05, 0.1) is 30.2 Å². The lowest BCUT2D eigenvalue weighted by Gasteiger charge is -2.14. The maximum atomic E-state index is 13.7. The van der Waals surface area contributed by atoms with Crippen LogP contribution >= 0.6 is 23.1 Å². The second-order valence-corrected chi connectivity index (χ2v) is 12.0. The maximum absolute atomic E-state index is 13.7. The van der Waals surface area contributed by atoms with Crippen molar-refractivity contribution >= 4 is 45.9 Å². The van der Waals surface area contributed by atoms with Gasteiger partial charge < -0.3 is 19.8 Å². The van der Waals surface area contributed by atoms with Crippen LogP contribution < -0.4 is 10.6 Å². The number of hydrogen-bond acceptors (Lipinski definition) is 9. The van der Waals surface area contributed by atoms with E-state index in [1.54, 1.807) is 42.7 Å². The number of amides is 2. The molecule has 10 nitrogen and oxygen atoms in total. The number of aryl methyl sites for hydroxylation is 1. The molecule has 13 heteroatoms. The van der Waals surface area contributed by atoms with Crippen LogP contribution in [0.15, 0.2) is 52.2 Å². The van der Waals surface area contributed by atoms with Crippen molar-refractivity contribution in [1.82, 2.24) is 20.1 Å². The van der Waals surface area contributed by atoms with Crippen molar-refractivity contribution in [2.75, 3.05) is 11.9 Å². The molecule has 1 atom stereocenters. The molecule has 0 radical (unpaired) electrons. The number of esters is 1. The van der Waals surface area contributed by atoms with Gasteiger partial charge in [0.1, 0.15) is 10.8 Å². The van der Waals surface area contributed by atoms with Crippen molar-refractivity contribution in [1.29, 1.82) is 0 Å². The van der Waals surface area contributed by atoms with Gasteiger partial charge >= 0.3 is 5.97 Å². The number of carbonyl (C=O) groups is 3. The third-order valence-electron chi connectivity index (χ3n) is 6.73. The van der Waals surface area contributed by atoms with Gasteiger partial charge in [0.25, 0.3) is 5.91 Å². The van der Waals surface area contributed by atoms with Crippen LogP contribution in [-0.2, 0) is 28.9 Å². The van der Waals surface area contributed by atoms with Crippen LogP contribution in [0, 0.1) is 5.82 Å². The molecule has 2 amide bonds. The molecule has 220 valence electrons. The van der Waals surface area contributed by atoms with Crippen LogP contribution in [0.3, 0.4) is 0 Å². The molecule has 5 rings (SSSR count). The molecule has 1 aromatic carbocycles. The van der Waals surface area contributed by atoms with Gasteiger partial charge in [-0.3, -0.25) is 14.2 Å². The minimum absolute atomic E-state index is 0.00863. The third-order valence-corrected chi connectivity index (χ3v) is 8.98. The summed E-state index contributed by atoms with van der Waals surface area (Å²) in [6, 6.07) is 8.90. The van der Waals surface area contributed by atoms with E-state index in [2.05, 4.69) is 20.8 Å². The van der Waals surface area contributed by atoms with E-state index >= 15 is 0 Å². The highest BCUT2D eigenvalue weighted by molar-refractivity contribution is 8.00. The molecule has 0 fully saturated rings. The van der Waals surface area contributed by atoms with Crippen molar-refractivity contribution in [2.24, 2.45) is 0 Å². The summed E-state index contributed by atoms with van der Waals surface area (Å²) in [4.78, 5) is 39.9. The molecule has 0 saturated heterocycles. The molecule has 0 bridgehead atoms. The number of aromatic nitrogens is 3. The summed E-state index contributed by atoms with van der Waals surface area (Å²) in [6.07, 6.45) is 6.17. The van der Waals surface area contributed by atoms with Gasteiger partial charge in [0, 0.05) is 10.6 Å². The highest BCUT2D eigenvalue weighted by Gasteiger charge is 2.29. The topological polar surface area (TPSA) is 128 Å². The fourth-order valence-electron chi connectivity index (χ4n) is 4.67. The molecule has 0 spiro atoms. The van der Waals surface area contributed by atoms with Crippen LogP contribution in [0.5, 0.6) is 0 Å². The molecule has 1 aliphatic rings. The lowest BCUT2D eigenvalue weighted by atomic mass is 10.1. The van der Waals surface area contributed by atoms with E-state index in [-0.39, 0.29) is 24.8 Å². The predicted octanol–water partition coefficient (Wildman–Crippen LogP) is 5.56. The zero-order valence-corrected chi connectivity index (χ0v) is 24.8. The normalized spacial score (nSPS) is 13.6. The van der Waals surface area contributed by atoms with Crippen molar-refractivity contribution in [3.05, 3.63) is 76.1 Å². The molecule has 3 aromatic heterocycles. The summed E-state index contributed by atoms with van der Waals surface area (Å²) in [6.45, 7) is 3.74. The SMILES string of the molecule is CCOC(=O)c1c(NC(=O)[C@H](C)Sc2nnc(CNC(=O)c3ccco3)n2-c2ccc(F)cc2)sc2c1CCCCC2. The van der Waals surface area contributed by atoms with E-state index in [0.717, 1.165) is 54.3 Å². The van der Waals surface area contributed by atoms with Gasteiger partial charge in [-0.1, -0.05) is 18.2 Å². The van der Waals surface area contributed by atoms with Crippen molar-refractivity contribution < 1.29 is 27.9 Å². The number of fused-ring (bicyclic) bond motifs is 1. The first-order valence-electron chi connectivity index (χ1n) is 13.7. The number of hydrogen-bond donors (Lipinski definition) is 2. The zero-order chi connectivity index (χ0) is 29.6. The number of benzene rings is 1. The van der Waals surface area contributed by atoms with E-state index < -0.39 is 22.9 Å². The summed E-state index contributed by atoms with van der Waals surface area (Å²) in [5.74, 6) is -1.05. The van der Waals surface area contributed by atoms with Gasteiger partial charge in [-0.05, 0) is 81.5 Å². The summed E-state index contributed by atoms with van der Waals surface area (Å²) in [7, 11) is 0. The van der Waals surface area contributed by atoms with Gasteiger partial charge in [-0.25, -0.2) is 9.18 Å². The Balaban J connectivity index is 1.37. The van der Waals surface area contributed by atoms with Gasteiger partial charge in [0.2, 0.25) is 5.91 Å². The molecule has 2 N–H and O–H groups in total. The lowest BCUT2D eigenvalue weighted by molar-refractivity contribution is -0.115. The van der Waals surface area contributed by atoms with Crippen LogP contribution in [0.4, 0.5) is 9.39 Å². The number of ether oxygens (including phenoxy) is 1. The van der Waals surface area contributed by atoms with Crippen molar-refractivity contribution in [2.45, 2.75) is 62.9 Å². The third kappa shape index (κ3) is 6.57. The van der Waals surface area contributed by atoms with Gasteiger partial charge in [-0.2, -0.15) is 0 Å². The Hall–Kier alpha value is -3.97. The maximum Gasteiger partial charge on any atom is 0.341 e. The summed E-state index contributed by atoms with van der Waals surface area (Å²) < 4.78 is 25.9. The minimum atomic E-state index is -0.643. The fourth-order valence-corrected chi connectivity index (χ4v) is 6.84. The van der Waals surface area contributed by atoms with Crippen LogP contribution in [-0.4, -0.2) is 44.4 Å². The van der Waals surface area contributed by atoms with E-state index in [4.69, 9.17) is 9.15 Å². The Bertz CT molecular complexity index is 1570. The number of carbonyl (C=O) groups excluding carboxylic acids is 3. The molecule has 1 aliphatic carbocycles. The van der Waals surface area contributed by atoms with E-state index in [1.807, 2.05) is 0 Å². The Morgan fingerprint density at radius 1 is 1.14 bits per heavy atom. The molecular weight excluding hydrogens is 581 g/mol. The van der Waals surface area contributed by atoms with Crippen LogP contribution in [0.1, 0.15) is 70.3 Å². The quantitative estimate of drug-likeness (QED) is 0.136. The first-order valence-corrected chi connectivity index (χ1v) is 15.4. The van der Waals surface area contributed by atoms with E-state index in [9.17, 15) is 18.8 Å². The van der Waals surface area contributed by atoms with Crippen LogP contribution in [0.2, 0.25) is 0 Å². The number of thiophene rings is 1. The average molecular weight is 612 g/mol. The van der Waals surface area contributed by atoms with Gasteiger partial charge in [0.15, 0.2) is 16.7 Å². The monoisotopic (exact) mass is 611 g/mol. The van der Waals surface area contributed by atoms with Crippen LogP contribution in [0.25, 0.3) is 5.69 Å². The minimum Gasteiger partial charge on any atom is -0.462 e. The molecule has 3 heterocycles. The Morgan fingerprint density at radius 2 is 1.93 bits per heavy atom. The number of nitrogens with zero attached hydrogens (tertiary/aromatic N) is 3. The molecule has 0 saturated carbocycles. The first kappa shape index (κ1) is 29.5. The number of nitrogens with one attached hydrogen (secondary N) is 2. The Labute approximate surface area is 250 Å². The standard InChI is InChI=1S/C29H30FN5O5S2/c1-3-39-28(38)24-20-8-5-4-6-10-22(20)42-27(24)32-25(36)17(2)41-29-34-33-23(16-31-26(37)21-9-7-15-40-21)35(29)19-13-11-18(30)12-14-19/h7,9,11-15,17H,3-6,8,10,16H2,1-2H3,(H,31,37)(H,32,36)/t17-/m0/s1.